The molecule has 1 saturated carbocycles. The van der Waals surface area contributed by atoms with Crippen molar-refractivity contribution >= 4 is 23.3 Å². The third kappa shape index (κ3) is 4.67. The van der Waals surface area contributed by atoms with E-state index >= 15 is 0 Å². The van der Waals surface area contributed by atoms with E-state index in [1.165, 1.54) is 0 Å². The highest BCUT2D eigenvalue weighted by atomic mass is 16.5. The zero-order valence-electron chi connectivity index (χ0n) is 17.7. The lowest BCUT2D eigenvalue weighted by Gasteiger charge is -2.29. The summed E-state index contributed by atoms with van der Waals surface area (Å²) in [5, 5.41) is 8.96. The molecule has 2 aromatic rings. The molecule has 0 saturated heterocycles. The summed E-state index contributed by atoms with van der Waals surface area (Å²) in [5.41, 5.74) is -0.305. The SMILES string of the molecule is CNc1cncn1CCC(=O)NC1(C(=O)Nc2ccc(OC)c(OC)c2)CCCC1. The number of anilines is 2. The number of hydrogen-bond acceptors (Lipinski definition) is 6. The summed E-state index contributed by atoms with van der Waals surface area (Å²) in [7, 11) is 4.91. The van der Waals surface area contributed by atoms with Crippen molar-refractivity contribution in [2.45, 2.75) is 44.2 Å². The van der Waals surface area contributed by atoms with Gasteiger partial charge >= 0.3 is 0 Å². The minimum Gasteiger partial charge on any atom is -0.493 e. The van der Waals surface area contributed by atoms with Gasteiger partial charge in [0.15, 0.2) is 11.5 Å². The van der Waals surface area contributed by atoms with Gasteiger partial charge in [-0.3, -0.25) is 9.59 Å². The van der Waals surface area contributed by atoms with E-state index in [9.17, 15) is 9.59 Å². The number of carbonyl (C=O) groups is 2. The molecule has 0 bridgehead atoms. The molecule has 0 spiro atoms. The van der Waals surface area contributed by atoms with Crippen molar-refractivity contribution in [2.24, 2.45) is 0 Å². The lowest BCUT2D eigenvalue weighted by molar-refractivity contribution is -0.130. The summed E-state index contributed by atoms with van der Waals surface area (Å²) in [4.78, 5) is 29.9. The van der Waals surface area contributed by atoms with Crippen LogP contribution in [0.3, 0.4) is 0 Å². The molecule has 162 valence electrons. The number of hydrogen-bond donors (Lipinski definition) is 3. The van der Waals surface area contributed by atoms with Crippen LogP contribution in [0.15, 0.2) is 30.7 Å². The number of methoxy groups -OCH3 is 2. The first-order valence-electron chi connectivity index (χ1n) is 10.0. The predicted molar refractivity (Wildman–Crippen MR) is 114 cm³/mol. The highest BCUT2D eigenvalue weighted by Gasteiger charge is 2.42. The Morgan fingerprint density at radius 1 is 1.17 bits per heavy atom. The highest BCUT2D eigenvalue weighted by molar-refractivity contribution is 6.01. The molecule has 3 rings (SSSR count). The number of rotatable bonds is 9. The van der Waals surface area contributed by atoms with Crippen molar-refractivity contribution in [1.82, 2.24) is 14.9 Å². The second-order valence-electron chi connectivity index (χ2n) is 7.33. The number of imidazole rings is 1. The number of carbonyl (C=O) groups excluding carboxylic acids is 2. The van der Waals surface area contributed by atoms with Crippen LogP contribution in [0.1, 0.15) is 32.1 Å². The standard InChI is InChI=1S/C21H29N5O4/c1-22-18-13-23-14-26(18)11-8-19(27)25-21(9-4-5-10-21)20(28)24-15-6-7-16(29-2)17(12-15)30-3/h6-7,12-14,22H,4-5,8-11H2,1-3H3,(H,24,28)(H,25,27). The van der Waals surface area contributed by atoms with E-state index in [0.29, 0.717) is 36.6 Å². The lowest BCUT2D eigenvalue weighted by atomic mass is 9.95. The average Bonchev–Trinajstić information content (AvgIpc) is 3.42. The number of nitrogens with zero attached hydrogens (tertiary/aromatic N) is 2. The third-order valence-corrected chi connectivity index (χ3v) is 5.46. The van der Waals surface area contributed by atoms with E-state index in [1.54, 1.807) is 52.0 Å². The molecule has 1 heterocycles. The van der Waals surface area contributed by atoms with Crippen molar-refractivity contribution < 1.29 is 19.1 Å². The van der Waals surface area contributed by atoms with E-state index in [2.05, 4.69) is 20.9 Å². The van der Waals surface area contributed by atoms with E-state index < -0.39 is 5.54 Å². The normalized spacial score (nSPS) is 14.8. The van der Waals surface area contributed by atoms with Gasteiger partial charge in [-0.05, 0) is 25.0 Å². The minimum atomic E-state index is -0.898. The number of aryl methyl sites for hydroxylation is 1. The van der Waals surface area contributed by atoms with Gasteiger partial charge < -0.3 is 30.0 Å². The molecule has 9 nitrogen and oxygen atoms in total. The van der Waals surface area contributed by atoms with E-state index in [4.69, 9.17) is 9.47 Å². The van der Waals surface area contributed by atoms with Gasteiger partial charge in [0.05, 0.1) is 26.7 Å². The van der Waals surface area contributed by atoms with Gasteiger partial charge in [0.2, 0.25) is 11.8 Å². The zero-order chi connectivity index (χ0) is 21.6. The van der Waals surface area contributed by atoms with Crippen LogP contribution in [0.5, 0.6) is 11.5 Å². The van der Waals surface area contributed by atoms with Crippen LogP contribution in [-0.2, 0) is 16.1 Å². The minimum absolute atomic E-state index is 0.157. The van der Waals surface area contributed by atoms with Crippen LogP contribution in [0.25, 0.3) is 0 Å². The van der Waals surface area contributed by atoms with Crippen molar-refractivity contribution in [3.63, 3.8) is 0 Å². The molecule has 2 amide bonds. The Labute approximate surface area is 176 Å². The molecule has 0 radical (unpaired) electrons. The Kier molecular flexibility index (Phi) is 6.81. The van der Waals surface area contributed by atoms with Crippen molar-refractivity contribution in [1.29, 1.82) is 0 Å². The van der Waals surface area contributed by atoms with Crippen LogP contribution in [0, 0.1) is 0 Å². The van der Waals surface area contributed by atoms with Crippen molar-refractivity contribution in [3.8, 4) is 11.5 Å². The molecule has 0 unspecified atom stereocenters. The number of aromatic nitrogens is 2. The second-order valence-corrected chi connectivity index (χ2v) is 7.33. The molecule has 1 aromatic carbocycles. The summed E-state index contributed by atoms with van der Waals surface area (Å²) in [6.45, 7) is 0.482. The Bertz CT molecular complexity index is 889. The second kappa shape index (κ2) is 9.51. The first-order valence-corrected chi connectivity index (χ1v) is 10.0. The molecule has 1 fully saturated rings. The fourth-order valence-electron chi connectivity index (χ4n) is 3.81. The number of nitrogens with one attached hydrogen (secondary N) is 3. The molecule has 3 N–H and O–H groups in total. The van der Waals surface area contributed by atoms with Gasteiger partial charge in [-0.1, -0.05) is 12.8 Å². The fraction of sp³-hybridized carbons (Fsp3) is 0.476. The molecule has 0 aliphatic heterocycles. The topological polar surface area (TPSA) is 107 Å². The Balaban J connectivity index is 1.66. The van der Waals surface area contributed by atoms with Crippen LogP contribution < -0.4 is 25.4 Å². The summed E-state index contributed by atoms with van der Waals surface area (Å²) in [6, 6.07) is 5.19. The Hall–Kier alpha value is -3.23. The van der Waals surface area contributed by atoms with Crippen LogP contribution >= 0.6 is 0 Å². The number of amides is 2. The summed E-state index contributed by atoms with van der Waals surface area (Å²) in [6.07, 6.45) is 6.66. The maximum absolute atomic E-state index is 13.1. The summed E-state index contributed by atoms with van der Waals surface area (Å²) in [5.74, 6) is 1.58. The fourth-order valence-corrected chi connectivity index (χ4v) is 3.81. The first-order chi connectivity index (χ1) is 14.5. The summed E-state index contributed by atoms with van der Waals surface area (Å²) >= 11 is 0. The molecule has 30 heavy (non-hydrogen) atoms. The molecular formula is C21H29N5O4. The van der Waals surface area contributed by atoms with Gasteiger partial charge in [0.1, 0.15) is 11.4 Å². The van der Waals surface area contributed by atoms with Gasteiger partial charge in [-0.2, -0.15) is 0 Å². The molecular weight excluding hydrogens is 386 g/mol. The van der Waals surface area contributed by atoms with Crippen molar-refractivity contribution in [3.05, 3.63) is 30.7 Å². The van der Waals surface area contributed by atoms with Crippen LogP contribution in [-0.4, -0.2) is 48.2 Å². The van der Waals surface area contributed by atoms with Crippen LogP contribution in [0.4, 0.5) is 11.5 Å². The molecule has 1 aliphatic rings. The predicted octanol–water partition coefficient (Wildman–Crippen LogP) is 2.40. The van der Waals surface area contributed by atoms with Gasteiger partial charge in [-0.25, -0.2) is 4.98 Å². The average molecular weight is 415 g/mol. The Morgan fingerprint density at radius 3 is 2.57 bits per heavy atom. The van der Waals surface area contributed by atoms with Crippen molar-refractivity contribution in [2.75, 3.05) is 31.9 Å². The molecule has 0 atom stereocenters. The maximum atomic E-state index is 13.1. The summed E-state index contributed by atoms with van der Waals surface area (Å²) < 4.78 is 12.4. The number of benzene rings is 1. The van der Waals surface area contributed by atoms with Gasteiger partial charge in [0, 0.05) is 31.8 Å². The van der Waals surface area contributed by atoms with Gasteiger partial charge in [0.25, 0.3) is 0 Å². The van der Waals surface area contributed by atoms with E-state index in [1.807, 2.05) is 4.57 Å². The third-order valence-electron chi connectivity index (χ3n) is 5.46. The number of ether oxygens (including phenoxy) is 2. The monoisotopic (exact) mass is 415 g/mol. The lowest BCUT2D eigenvalue weighted by Crippen LogP contribution is -2.55. The van der Waals surface area contributed by atoms with E-state index in [0.717, 1.165) is 18.7 Å². The Morgan fingerprint density at radius 2 is 1.90 bits per heavy atom. The highest BCUT2D eigenvalue weighted by Crippen LogP contribution is 2.33. The largest absolute Gasteiger partial charge is 0.493 e. The molecule has 9 heteroatoms. The maximum Gasteiger partial charge on any atom is 0.250 e. The van der Waals surface area contributed by atoms with Crippen LogP contribution in [0.2, 0.25) is 0 Å². The van der Waals surface area contributed by atoms with E-state index in [-0.39, 0.29) is 18.2 Å². The van der Waals surface area contributed by atoms with Gasteiger partial charge in [-0.15, -0.1) is 0 Å². The molecule has 1 aliphatic carbocycles. The zero-order valence-corrected chi connectivity index (χ0v) is 17.7. The smallest absolute Gasteiger partial charge is 0.250 e. The first kappa shape index (κ1) is 21.5. The quantitative estimate of drug-likeness (QED) is 0.581. The molecule has 1 aromatic heterocycles.